The van der Waals surface area contributed by atoms with Crippen LogP contribution >= 0.6 is 0 Å². The average Bonchev–Trinajstić information content (AvgIpc) is 2.68. The van der Waals surface area contributed by atoms with Gasteiger partial charge in [0.2, 0.25) is 0 Å². The van der Waals surface area contributed by atoms with Gasteiger partial charge in [0.05, 0.1) is 6.17 Å². The highest BCUT2D eigenvalue weighted by molar-refractivity contribution is 5.42. The minimum absolute atomic E-state index is 0.0537. The van der Waals surface area contributed by atoms with Crippen LogP contribution in [0, 0.1) is 20.8 Å². The topological polar surface area (TPSA) is 59.3 Å². The maximum atomic E-state index is 6.23. The summed E-state index contributed by atoms with van der Waals surface area (Å²) >= 11 is 0. The van der Waals surface area contributed by atoms with E-state index in [1.807, 2.05) is 0 Å². The molecule has 1 saturated heterocycles. The van der Waals surface area contributed by atoms with Gasteiger partial charge in [0.25, 0.3) is 0 Å². The molecule has 3 unspecified atom stereocenters. The van der Waals surface area contributed by atoms with Crippen LogP contribution in [0.5, 0.6) is 0 Å². The Kier molecular flexibility index (Phi) is 4.58. The molecule has 0 spiro atoms. The number of ether oxygens (including phenoxy) is 1. The first-order valence-corrected chi connectivity index (χ1v) is 6.88. The smallest absolute Gasteiger partial charge is 0.0764 e. The Hall–Kier alpha value is -0.940. The lowest BCUT2D eigenvalue weighted by atomic mass is 9.83. The summed E-state index contributed by atoms with van der Waals surface area (Å²) < 4.78 is 5.19. The van der Waals surface area contributed by atoms with E-state index in [0.29, 0.717) is 6.04 Å². The molecule has 4 nitrogen and oxygen atoms in total. The van der Waals surface area contributed by atoms with Crippen molar-refractivity contribution in [2.45, 2.75) is 45.3 Å². The van der Waals surface area contributed by atoms with Gasteiger partial charge >= 0.3 is 0 Å². The van der Waals surface area contributed by atoms with E-state index < -0.39 is 0 Å². The van der Waals surface area contributed by atoms with Crippen molar-refractivity contribution in [3.63, 3.8) is 0 Å². The van der Waals surface area contributed by atoms with Gasteiger partial charge in [-0.3, -0.25) is 5.43 Å². The van der Waals surface area contributed by atoms with Crippen molar-refractivity contribution in [2.75, 3.05) is 13.7 Å². The molecule has 2 rings (SSSR count). The van der Waals surface area contributed by atoms with Crippen LogP contribution in [0.2, 0.25) is 0 Å². The van der Waals surface area contributed by atoms with Gasteiger partial charge in [0.15, 0.2) is 0 Å². The number of hydrazine groups is 1. The molecule has 0 aliphatic carbocycles. The maximum Gasteiger partial charge on any atom is 0.0764 e. The van der Waals surface area contributed by atoms with Crippen molar-refractivity contribution < 1.29 is 4.74 Å². The van der Waals surface area contributed by atoms with Crippen LogP contribution < -0.4 is 16.6 Å². The molecule has 0 amide bonds. The van der Waals surface area contributed by atoms with Crippen molar-refractivity contribution in [2.24, 2.45) is 5.73 Å². The van der Waals surface area contributed by atoms with Gasteiger partial charge in [-0.15, -0.1) is 0 Å². The van der Waals surface area contributed by atoms with Crippen molar-refractivity contribution in [1.82, 2.24) is 10.9 Å². The fourth-order valence-corrected chi connectivity index (χ4v) is 3.23. The van der Waals surface area contributed by atoms with E-state index >= 15 is 0 Å². The summed E-state index contributed by atoms with van der Waals surface area (Å²) in [6.45, 7) is 7.23. The van der Waals surface area contributed by atoms with E-state index in [0.717, 1.165) is 13.0 Å². The normalized spacial score (nSPS) is 26.9. The summed E-state index contributed by atoms with van der Waals surface area (Å²) in [5.41, 5.74) is 18.0. The zero-order chi connectivity index (χ0) is 14.0. The first kappa shape index (κ1) is 14.5. The molecular weight excluding hydrogens is 238 g/mol. The van der Waals surface area contributed by atoms with Crippen LogP contribution in [0.3, 0.4) is 0 Å². The second kappa shape index (κ2) is 6.01. The summed E-state index contributed by atoms with van der Waals surface area (Å²) in [6.07, 6.45) is 0.899. The summed E-state index contributed by atoms with van der Waals surface area (Å²) in [5, 5.41) is 0. The van der Waals surface area contributed by atoms with E-state index in [1.165, 1.54) is 22.3 Å². The molecule has 19 heavy (non-hydrogen) atoms. The van der Waals surface area contributed by atoms with Crippen molar-refractivity contribution in [3.05, 3.63) is 34.4 Å². The molecule has 4 heteroatoms. The van der Waals surface area contributed by atoms with Crippen LogP contribution in [0.4, 0.5) is 0 Å². The minimum Gasteiger partial charge on any atom is -0.385 e. The molecule has 1 aliphatic rings. The molecule has 1 aromatic rings. The molecular formula is C15H25N3O. The number of aryl methyl sites for hydroxylation is 3. The largest absolute Gasteiger partial charge is 0.385 e. The number of methoxy groups -OCH3 is 1. The lowest BCUT2D eigenvalue weighted by molar-refractivity contribution is 0.182. The van der Waals surface area contributed by atoms with Crippen LogP contribution in [-0.4, -0.2) is 25.9 Å². The highest BCUT2D eigenvalue weighted by Crippen LogP contribution is 2.32. The minimum atomic E-state index is -0.0537. The Balaban J connectivity index is 2.32. The molecule has 0 bridgehead atoms. The standard InChI is InChI=1S/C15H25N3O/c1-9-7-10(2)13(11(3)8-9)14-12(5-6-19-4)17-18-15(14)16/h7-8,12,14-15,17-18H,5-6,16H2,1-4H3. The first-order valence-electron chi connectivity index (χ1n) is 6.88. The van der Waals surface area contributed by atoms with Crippen molar-refractivity contribution in [3.8, 4) is 0 Å². The fourth-order valence-electron chi connectivity index (χ4n) is 3.23. The molecule has 1 heterocycles. The first-order chi connectivity index (χ1) is 9.04. The van der Waals surface area contributed by atoms with E-state index in [2.05, 4.69) is 43.8 Å². The van der Waals surface area contributed by atoms with Crippen LogP contribution in [0.25, 0.3) is 0 Å². The second-order valence-corrected chi connectivity index (χ2v) is 5.54. The molecule has 0 saturated carbocycles. The highest BCUT2D eigenvalue weighted by Gasteiger charge is 2.36. The number of nitrogens with two attached hydrogens (primary N) is 1. The zero-order valence-electron chi connectivity index (χ0n) is 12.3. The van der Waals surface area contributed by atoms with Gasteiger partial charge in [-0.05, 0) is 43.9 Å². The Bertz CT molecular complexity index is 424. The lowest BCUT2D eigenvalue weighted by Gasteiger charge is -2.25. The van der Waals surface area contributed by atoms with Gasteiger partial charge in [-0.25, -0.2) is 5.43 Å². The molecule has 0 aromatic heterocycles. The quantitative estimate of drug-likeness (QED) is 0.770. The highest BCUT2D eigenvalue weighted by atomic mass is 16.5. The summed E-state index contributed by atoms with van der Waals surface area (Å²) in [6, 6.07) is 4.79. The summed E-state index contributed by atoms with van der Waals surface area (Å²) in [4.78, 5) is 0. The van der Waals surface area contributed by atoms with Gasteiger partial charge in [-0.2, -0.15) is 0 Å². The van der Waals surface area contributed by atoms with E-state index in [4.69, 9.17) is 10.5 Å². The average molecular weight is 263 g/mol. The monoisotopic (exact) mass is 263 g/mol. The third-order valence-corrected chi connectivity index (χ3v) is 3.96. The number of benzene rings is 1. The van der Waals surface area contributed by atoms with Gasteiger partial charge in [0.1, 0.15) is 0 Å². The third-order valence-electron chi connectivity index (χ3n) is 3.96. The number of hydrogen-bond acceptors (Lipinski definition) is 4. The summed E-state index contributed by atoms with van der Waals surface area (Å²) in [7, 11) is 1.74. The van der Waals surface area contributed by atoms with Crippen LogP contribution in [0.15, 0.2) is 12.1 Å². The van der Waals surface area contributed by atoms with Gasteiger partial charge in [-0.1, -0.05) is 17.7 Å². The number of rotatable bonds is 4. The van der Waals surface area contributed by atoms with Gasteiger partial charge in [0, 0.05) is 25.7 Å². The Morgan fingerprint density at radius 1 is 1.16 bits per heavy atom. The predicted molar refractivity (Wildman–Crippen MR) is 77.9 cm³/mol. The lowest BCUT2D eigenvalue weighted by Crippen LogP contribution is -2.38. The SMILES string of the molecule is COCCC1NNC(N)C1c1c(C)cc(C)cc1C. The number of nitrogens with one attached hydrogen (secondary N) is 2. The zero-order valence-corrected chi connectivity index (χ0v) is 12.3. The molecule has 106 valence electrons. The maximum absolute atomic E-state index is 6.23. The van der Waals surface area contributed by atoms with E-state index in [-0.39, 0.29) is 12.1 Å². The van der Waals surface area contributed by atoms with Crippen LogP contribution in [-0.2, 0) is 4.74 Å². The molecule has 1 fully saturated rings. The summed E-state index contributed by atoms with van der Waals surface area (Å²) in [5.74, 6) is 0.288. The second-order valence-electron chi connectivity index (χ2n) is 5.54. The molecule has 0 radical (unpaired) electrons. The molecule has 1 aromatic carbocycles. The van der Waals surface area contributed by atoms with Crippen molar-refractivity contribution in [1.29, 1.82) is 0 Å². The fraction of sp³-hybridized carbons (Fsp3) is 0.600. The predicted octanol–water partition coefficient (Wildman–Crippen LogP) is 1.49. The van der Waals surface area contributed by atoms with E-state index in [9.17, 15) is 0 Å². The molecule has 4 N–H and O–H groups in total. The number of hydrogen-bond donors (Lipinski definition) is 3. The molecule has 3 atom stereocenters. The Labute approximate surface area is 115 Å². The van der Waals surface area contributed by atoms with Crippen molar-refractivity contribution >= 4 is 0 Å². The van der Waals surface area contributed by atoms with E-state index in [1.54, 1.807) is 7.11 Å². The third kappa shape index (κ3) is 2.98. The van der Waals surface area contributed by atoms with Gasteiger partial charge < -0.3 is 10.5 Å². The molecule has 1 aliphatic heterocycles. The Morgan fingerprint density at radius 3 is 2.37 bits per heavy atom. The Morgan fingerprint density at radius 2 is 1.79 bits per heavy atom. The van der Waals surface area contributed by atoms with Crippen LogP contribution in [0.1, 0.15) is 34.6 Å².